The van der Waals surface area contributed by atoms with Crippen molar-refractivity contribution >= 4 is 40.7 Å². The minimum absolute atomic E-state index is 0.0675. The number of anilines is 1. The minimum Gasteiger partial charge on any atom is -0.325 e. The fraction of sp³-hybridized carbons (Fsp3) is 0.294. The maximum atomic E-state index is 13.1. The van der Waals surface area contributed by atoms with Crippen LogP contribution in [0.15, 0.2) is 23.4 Å². The van der Waals surface area contributed by atoms with E-state index in [0.29, 0.717) is 10.9 Å². The summed E-state index contributed by atoms with van der Waals surface area (Å²) in [5.41, 5.74) is 1.33. The summed E-state index contributed by atoms with van der Waals surface area (Å²) < 4.78 is 40.9. The highest BCUT2D eigenvalue weighted by Gasteiger charge is 2.34. The highest BCUT2D eigenvalue weighted by atomic mass is 35.5. The van der Waals surface area contributed by atoms with E-state index in [1.54, 1.807) is 4.52 Å². The number of nitrogens with one attached hydrogen (secondary N) is 1. The topological polar surface area (TPSA) is 72.2 Å². The van der Waals surface area contributed by atoms with Crippen molar-refractivity contribution in [1.29, 1.82) is 0 Å². The summed E-state index contributed by atoms with van der Waals surface area (Å²) in [7, 11) is 0. The Bertz CT molecular complexity index is 1070. The van der Waals surface area contributed by atoms with Gasteiger partial charge in [-0.05, 0) is 44.5 Å². The van der Waals surface area contributed by atoms with Crippen molar-refractivity contribution in [3.05, 3.63) is 45.7 Å². The van der Waals surface area contributed by atoms with Gasteiger partial charge in [-0.15, -0.1) is 5.10 Å². The summed E-state index contributed by atoms with van der Waals surface area (Å²) in [5, 5.41) is 6.79. The Hall–Kier alpha value is -2.33. The Morgan fingerprint density at radius 2 is 1.96 bits per heavy atom. The second-order valence-corrected chi connectivity index (χ2v) is 7.42. The second kappa shape index (κ2) is 7.59. The van der Waals surface area contributed by atoms with Crippen LogP contribution in [0.25, 0.3) is 5.78 Å². The van der Waals surface area contributed by atoms with Crippen LogP contribution in [-0.4, -0.2) is 31.2 Å². The molecule has 3 rings (SSSR count). The van der Waals surface area contributed by atoms with Crippen molar-refractivity contribution in [3.8, 4) is 0 Å². The molecule has 2 aromatic heterocycles. The number of benzene rings is 1. The first-order valence-corrected chi connectivity index (χ1v) is 9.42. The van der Waals surface area contributed by atoms with Crippen LogP contribution in [0, 0.1) is 20.8 Å². The average molecular weight is 430 g/mol. The predicted molar refractivity (Wildman–Crippen MR) is 101 cm³/mol. The summed E-state index contributed by atoms with van der Waals surface area (Å²) in [6, 6.07) is 3.17. The van der Waals surface area contributed by atoms with Crippen molar-refractivity contribution in [2.45, 2.75) is 32.1 Å². The third-order valence-electron chi connectivity index (χ3n) is 4.13. The van der Waals surface area contributed by atoms with Crippen LogP contribution >= 0.6 is 23.4 Å². The van der Waals surface area contributed by atoms with Gasteiger partial charge in [0.05, 0.1) is 17.0 Å². The molecule has 0 saturated carbocycles. The number of alkyl halides is 3. The number of thioether (sulfide) groups is 1. The van der Waals surface area contributed by atoms with Gasteiger partial charge in [0, 0.05) is 16.4 Å². The van der Waals surface area contributed by atoms with Gasteiger partial charge >= 0.3 is 6.18 Å². The molecule has 0 atom stereocenters. The lowest BCUT2D eigenvalue weighted by atomic mass is 10.1. The van der Waals surface area contributed by atoms with Crippen molar-refractivity contribution in [1.82, 2.24) is 19.6 Å². The van der Waals surface area contributed by atoms with E-state index in [9.17, 15) is 18.0 Å². The number of hydrogen-bond donors (Lipinski definition) is 1. The summed E-state index contributed by atoms with van der Waals surface area (Å²) in [6.07, 6.45) is -4.64. The van der Waals surface area contributed by atoms with Crippen molar-refractivity contribution in [2.75, 3.05) is 11.1 Å². The normalized spacial score (nSPS) is 11.8. The van der Waals surface area contributed by atoms with Gasteiger partial charge in [0.25, 0.3) is 5.78 Å². The van der Waals surface area contributed by atoms with Gasteiger partial charge in [0.2, 0.25) is 11.1 Å². The molecule has 0 aliphatic heterocycles. The summed E-state index contributed by atoms with van der Waals surface area (Å²) in [6.45, 7) is 5.66. The zero-order chi connectivity index (χ0) is 20.6. The van der Waals surface area contributed by atoms with Gasteiger partial charge in [0.15, 0.2) is 0 Å². The zero-order valence-electron chi connectivity index (χ0n) is 15.1. The Labute approximate surface area is 167 Å². The quantitative estimate of drug-likeness (QED) is 0.620. The van der Waals surface area contributed by atoms with Crippen molar-refractivity contribution < 1.29 is 18.0 Å². The van der Waals surface area contributed by atoms with E-state index in [1.165, 1.54) is 6.07 Å². The van der Waals surface area contributed by atoms with E-state index >= 15 is 0 Å². The van der Waals surface area contributed by atoms with Crippen LogP contribution in [0.5, 0.6) is 0 Å². The molecule has 2 heterocycles. The molecule has 1 aromatic carbocycles. The molecular weight excluding hydrogens is 415 g/mol. The zero-order valence-corrected chi connectivity index (χ0v) is 16.6. The second-order valence-electron chi connectivity index (χ2n) is 6.04. The van der Waals surface area contributed by atoms with Gasteiger partial charge in [-0.2, -0.15) is 18.2 Å². The standard InChI is InChI=1S/C17H15ClF3N5OS/c1-8-9(2)22-15-24-16(25-26(15)10(8)3)28-7-14(27)23-13-5-4-11(18)6-12(13)17(19,20)21/h4-6H,7H2,1-3H3,(H,23,27). The number of fused-ring (bicyclic) bond motifs is 1. The Morgan fingerprint density at radius 1 is 1.25 bits per heavy atom. The Kier molecular flexibility index (Phi) is 5.53. The first kappa shape index (κ1) is 20.4. The number of nitrogens with zero attached hydrogens (tertiary/aromatic N) is 4. The molecule has 0 unspecified atom stereocenters. The van der Waals surface area contributed by atoms with E-state index in [-0.39, 0.29) is 16.5 Å². The van der Waals surface area contributed by atoms with Crippen LogP contribution in [0.4, 0.5) is 18.9 Å². The number of aryl methyl sites for hydroxylation is 2. The molecule has 0 spiro atoms. The van der Waals surface area contributed by atoms with Crippen LogP contribution in [-0.2, 0) is 11.0 Å². The SMILES string of the molecule is Cc1nc2nc(SCC(=O)Nc3ccc(Cl)cc3C(F)(F)F)nn2c(C)c1C. The molecule has 28 heavy (non-hydrogen) atoms. The van der Waals surface area contributed by atoms with Crippen molar-refractivity contribution in [3.63, 3.8) is 0 Å². The molecule has 1 amide bonds. The van der Waals surface area contributed by atoms with Gasteiger partial charge < -0.3 is 5.32 Å². The molecule has 0 radical (unpaired) electrons. The van der Waals surface area contributed by atoms with Gasteiger partial charge in [-0.25, -0.2) is 9.50 Å². The fourth-order valence-electron chi connectivity index (χ4n) is 2.47. The van der Waals surface area contributed by atoms with Crippen LogP contribution in [0.2, 0.25) is 5.02 Å². The molecule has 6 nitrogen and oxygen atoms in total. The van der Waals surface area contributed by atoms with E-state index in [2.05, 4.69) is 20.4 Å². The molecule has 3 aromatic rings. The van der Waals surface area contributed by atoms with Gasteiger partial charge in [0.1, 0.15) is 0 Å². The number of amides is 1. The summed E-state index contributed by atoms with van der Waals surface area (Å²) >= 11 is 6.64. The van der Waals surface area contributed by atoms with E-state index < -0.39 is 17.6 Å². The van der Waals surface area contributed by atoms with Gasteiger partial charge in [-0.1, -0.05) is 23.4 Å². The molecule has 0 fully saturated rings. The number of aromatic nitrogens is 4. The molecule has 1 N–H and O–H groups in total. The molecule has 0 bridgehead atoms. The molecule has 11 heteroatoms. The van der Waals surface area contributed by atoms with Crippen LogP contribution < -0.4 is 5.32 Å². The third kappa shape index (κ3) is 4.22. The molecule has 0 saturated heterocycles. The predicted octanol–water partition coefficient (Wildman–Crippen LogP) is 4.45. The van der Waals surface area contributed by atoms with E-state index in [0.717, 1.165) is 40.8 Å². The molecule has 0 aliphatic rings. The lowest BCUT2D eigenvalue weighted by Gasteiger charge is -2.13. The number of rotatable bonds is 4. The van der Waals surface area contributed by atoms with Crippen LogP contribution in [0.1, 0.15) is 22.5 Å². The number of carbonyl (C=O) groups is 1. The van der Waals surface area contributed by atoms with E-state index in [1.807, 2.05) is 20.8 Å². The highest BCUT2D eigenvalue weighted by molar-refractivity contribution is 7.99. The molecule has 148 valence electrons. The minimum atomic E-state index is -4.64. The van der Waals surface area contributed by atoms with E-state index in [4.69, 9.17) is 11.6 Å². The third-order valence-corrected chi connectivity index (χ3v) is 5.21. The van der Waals surface area contributed by atoms with Gasteiger partial charge in [-0.3, -0.25) is 4.79 Å². The molecule has 0 aliphatic carbocycles. The summed E-state index contributed by atoms with van der Waals surface area (Å²) in [4.78, 5) is 20.7. The molecular formula is C17H15ClF3N5OS. The lowest BCUT2D eigenvalue weighted by Crippen LogP contribution is -2.18. The average Bonchev–Trinajstić information content (AvgIpc) is 3.01. The maximum Gasteiger partial charge on any atom is 0.418 e. The van der Waals surface area contributed by atoms with Crippen molar-refractivity contribution in [2.24, 2.45) is 0 Å². The maximum absolute atomic E-state index is 13.1. The summed E-state index contributed by atoms with van der Waals surface area (Å²) in [5.74, 6) is -0.373. The number of carbonyl (C=O) groups excluding carboxylic acids is 1. The van der Waals surface area contributed by atoms with Crippen LogP contribution in [0.3, 0.4) is 0 Å². The largest absolute Gasteiger partial charge is 0.418 e. The monoisotopic (exact) mass is 429 g/mol. The fourth-order valence-corrected chi connectivity index (χ4v) is 3.26. The Morgan fingerprint density at radius 3 is 2.64 bits per heavy atom. The highest BCUT2D eigenvalue weighted by Crippen LogP contribution is 2.36. The number of halogens is 4. The smallest absolute Gasteiger partial charge is 0.325 e. The Balaban J connectivity index is 1.74. The first-order valence-electron chi connectivity index (χ1n) is 8.06. The number of hydrogen-bond acceptors (Lipinski definition) is 5. The first-order chi connectivity index (χ1) is 13.1. The lowest BCUT2D eigenvalue weighted by molar-refractivity contribution is -0.137.